The standard InChI is InChI=1S/C28H22S/c1-20-16-17-29-28(20)27-19-25(22-12-6-3-7-13-22)23-14-8-9-15-24(23)26(27)18-21-10-4-2-5-11-21/h2-17,19H,18H2,1H3. The van der Waals surface area contributed by atoms with E-state index in [4.69, 9.17) is 0 Å². The first-order chi connectivity index (χ1) is 14.3. The Bertz CT molecular complexity index is 1260. The topological polar surface area (TPSA) is 0 Å². The summed E-state index contributed by atoms with van der Waals surface area (Å²) in [6, 6.07) is 35.1. The molecule has 0 aliphatic heterocycles. The Morgan fingerprint density at radius 2 is 1.31 bits per heavy atom. The number of hydrogen-bond donors (Lipinski definition) is 0. The van der Waals surface area contributed by atoms with Gasteiger partial charge in [0.25, 0.3) is 0 Å². The van der Waals surface area contributed by atoms with Crippen LogP contribution in [0.3, 0.4) is 0 Å². The van der Waals surface area contributed by atoms with Crippen LogP contribution in [0.25, 0.3) is 32.3 Å². The fraction of sp³-hybridized carbons (Fsp3) is 0.0714. The van der Waals surface area contributed by atoms with Gasteiger partial charge in [-0.1, -0.05) is 84.9 Å². The van der Waals surface area contributed by atoms with E-state index in [9.17, 15) is 0 Å². The fourth-order valence-electron chi connectivity index (χ4n) is 4.13. The summed E-state index contributed by atoms with van der Waals surface area (Å²) >= 11 is 1.84. The third kappa shape index (κ3) is 3.39. The SMILES string of the molecule is Cc1ccsc1-c1cc(-c2ccccc2)c2ccccc2c1Cc1ccccc1. The van der Waals surface area contributed by atoms with E-state index in [0.29, 0.717) is 0 Å². The monoisotopic (exact) mass is 390 g/mol. The van der Waals surface area contributed by atoms with E-state index in [1.807, 2.05) is 11.3 Å². The highest BCUT2D eigenvalue weighted by atomic mass is 32.1. The predicted molar refractivity (Wildman–Crippen MR) is 127 cm³/mol. The molecule has 0 N–H and O–H groups in total. The summed E-state index contributed by atoms with van der Waals surface area (Å²) < 4.78 is 0. The lowest BCUT2D eigenvalue weighted by molar-refractivity contribution is 1.22. The summed E-state index contributed by atoms with van der Waals surface area (Å²) in [4.78, 5) is 1.37. The van der Waals surface area contributed by atoms with Crippen molar-refractivity contribution in [1.29, 1.82) is 0 Å². The van der Waals surface area contributed by atoms with Crippen molar-refractivity contribution in [3.05, 3.63) is 119 Å². The number of aryl methyl sites for hydroxylation is 1. The maximum atomic E-state index is 2.41. The summed E-state index contributed by atoms with van der Waals surface area (Å²) in [6.45, 7) is 2.22. The molecule has 5 aromatic rings. The normalized spacial score (nSPS) is 11.1. The average Bonchev–Trinajstić information content (AvgIpc) is 3.21. The second-order valence-corrected chi connectivity index (χ2v) is 8.37. The maximum Gasteiger partial charge on any atom is 0.0375 e. The van der Waals surface area contributed by atoms with Gasteiger partial charge in [0.15, 0.2) is 0 Å². The largest absolute Gasteiger partial charge is 0.144 e. The van der Waals surface area contributed by atoms with Gasteiger partial charge in [-0.05, 0) is 75.0 Å². The molecule has 0 spiro atoms. The van der Waals surface area contributed by atoms with Crippen LogP contribution in [0.15, 0.2) is 102 Å². The number of benzene rings is 4. The number of rotatable bonds is 4. The van der Waals surface area contributed by atoms with E-state index in [1.165, 1.54) is 49.0 Å². The van der Waals surface area contributed by atoms with E-state index in [0.717, 1.165) is 6.42 Å². The highest BCUT2D eigenvalue weighted by molar-refractivity contribution is 7.13. The van der Waals surface area contributed by atoms with Gasteiger partial charge in [0.2, 0.25) is 0 Å². The third-order valence-corrected chi connectivity index (χ3v) is 6.62. The lowest BCUT2D eigenvalue weighted by atomic mass is 9.87. The second-order valence-electron chi connectivity index (χ2n) is 7.46. The first-order valence-corrected chi connectivity index (χ1v) is 10.9. The van der Waals surface area contributed by atoms with Crippen molar-refractivity contribution in [2.24, 2.45) is 0 Å². The second kappa shape index (κ2) is 7.69. The molecule has 0 aliphatic rings. The van der Waals surface area contributed by atoms with E-state index >= 15 is 0 Å². The Morgan fingerprint density at radius 1 is 0.655 bits per heavy atom. The molecule has 4 aromatic carbocycles. The van der Waals surface area contributed by atoms with Gasteiger partial charge in [-0.25, -0.2) is 0 Å². The minimum absolute atomic E-state index is 0.934. The van der Waals surface area contributed by atoms with E-state index in [-0.39, 0.29) is 0 Å². The molecule has 0 radical (unpaired) electrons. The molecule has 0 aliphatic carbocycles. The van der Waals surface area contributed by atoms with Gasteiger partial charge in [-0.3, -0.25) is 0 Å². The van der Waals surface area contributed by atoms with Crippen LogP contribution in [0.2, 0.25) is 0 Å². The molecule has 0 fully saturated rings. The first kappa shape index (κ1) is 17.9. The van der Waals surface area contributed by atoms with Crippen molar-refractivity contribution >= 4 is 22.1 Å². The van der Waals surface area contributed by atoms with Crippen LogP contribution in [-0.4, -0.2) is 0 Å². The minimum Gasteiger partial charge on any atom is -0.144 e. The summed E-state index contributed by atoms with van der Waals surface area (Å²) in [5.74, 6) is 0. The summed E-state index contributed by atoms with van der Waals surface area (Å²) in [5.41, 5.74) is 8.04. The Morgan fingerprint density at radius 3 is 2.00 bits per heavy atom. The molecule has 0 bridgehead atoms. The first-order valence-electron chi connectivity index (χ1n) is 10.00. The third-order valence-electron chi connectivity index (χ3n) is 5.57. The lowest BCUT2D eigenvalue weighted by Gasteiger charge is -2.17. The molecule has 0 saturated heterocycles. The molecule has 140 valence electrons. The van der Waals surface area contributed by atoms with Crippen molar-refractivity contribution in [1.82, 2.24) is 0 Å². The number of fused-ring (bicyclic) bond motifs is 1. The minimum atomic E-state index is 0.934. The van der Waals surface area contributed by atoms with Crippen LogP contribution in [0.4, 0.5) is 0 Å². The van der Waals surface area contributed by atoms with Crippen LogP contribution >= 0.6 is 11.3 Å². The van der Waals surface area contributed by atoms with Crippen molar-refractivity contribution in [2.75, 3.05) is 0 Å². The average molecular weight is 391 g/mol. The maximum absolute atomic E-state index is 2.41. The molecule has 1 heteroatoms. The van der Waals surface area contributed by atoms with Gasteiger partial charge >= 0.3 is 0 Å². The molecule has 29 heavy (non-hydrogen) atoms. The van der Waals surface area contributed by atoms with Gasteiger partial charge in [-0.2, -0.15) is 0 Å². The Kier molecular flexibility index (Phi) is 4.75. The van der Waals surface area contributed by atoms with Gasteiger partial charge in [0.05, 0.1) is 0 Å². The van der Waals surface area contributed by atoms with Gasteiger partial charge < -0.3 is 0 Å². The van der Waals surface area contributed by atoms with E-state index in [1.54, 1.807) is 0 Å². The molecule has 0 atom stereocenters. The smallest absolute Gasteiger partial charge is 0.0375 e. The molecule has 1 heterocycles. The van der Waals surface area contributed by atoms with Crippen LogP contribution in [0, 0.1) is 6.92 Å². The highest BCUT2D eigenvalue weighted by Crippen LogP contribution is 2.41. The van der Waals surface area contributed by atoms with Gasteiger partial charge in [0.1, 0.15) is 0 Å². The lowest BCUT2D eigenvalue weighted by Crippen LogP contribution is -1.96. The Labute approximate surface area is 176 Å². The zero-order valence-corrected chi connectivity index (χ0v) is 17.2. The van der Waals surface area contributed by atoms with Crippen LogP contribution < -0.4 is 0 Å². The van der Waals surface area contributed by atoms with Crippen molar-refractivity contribution in [2.45, 2.75) is 13.3 Å². The molecular weight excluding hydrogens is 368 g/mol. The van der Waals surface area contributed by atoms with Gasteiger partial charge in [-0.15, -0.1) is 11.3 Å². The molecule has 0 unspecified atom stereocenters. The Hall–Kier alpha value is -3.16. The summed E-state index contributed by atoms with van der Waals surface area (Å²) in [7, 11) is 0. The predicted octanol–water partition coefficient (Wildman–Crippen LogP) is 8.13. The van der Waals surface area contributed by atoms with Crippen LogP contribution in [0.1, 0.15) is 16.7 Å². The molecule has 5 rings (SSSR count). The fourth-order valence-corrected chi connectivity index (χ4v) is 5.10. The summed E-state index contributed by atoms with van der Waals surface area (Å²) in [6.07, 6.45) is 0.934. The Balaban J connectivity index is 1.84. The van der Waals surface area contributed by atoms with Crippen LogP contribution in [0.5, 0.6) is 0 Å². The van der Waals surface area contributed by atoms with E-state index < -0.39 is 0 Å². The van der Waals surface area contributed by atoms with Crippen molar-refractivity contribution < 1.29 is 0 Å². The molecule has 0 nitrogen and oxygen atoms in total. The van der Waals surface area contributed by atoms with Gasteiger partial charge in [0, 0.05) is 4.88 Å². The van der Waals surface area contributed by atoms with Crippen molar-refractivity contribution in [3.63, 3.8) is 0 Å². The van der Waals surface area contributed by atoms with Crippen LogP contribution in [-0.2, 0) is 6.42 Å². The number of thiophene rings is 1. The highest BCUT2D eigenvalue weighted by Gasteiger charge is 2.17. The van der Waals surface area contributed by atoms with Crippen molar-refractivity contribution in [3.8, 4) is 21.6 Å². The summed E-state index contributed by atoms with van der Waals surface area (Å²) in [5, 5.41) is 4.87. The zero-order valence-electron chi connectivity index (χ0n) is 16.4. The quantitative estimate of drug-likeness (QED) is 0.290. The molecule has 0 amide bonds. The molecular formula is C28H22S. The molecule has 1 aromatic heterocycles. The number of hydrogen-bond acceptors (Lipinski definition) is 1. The molecule has 0 saturated carbocycles. The zero-order chi connectivity index (χ0) is 19.6. The van der Waals surface area contributed by atoms with E-state index in [2.05, 4.69) is 109 Å².